The van der Waals surface area contributed by atoms with Crippen molar-refractivity contribution in [3.05, 3.63) is 29.6 Å². The fraction of sp³-hybridized carbons (Fsp3) is 0.640. The molecule has 1 N–H and O–H groups in total. The highest BCUT2D eigenvalue weighted by molar-refractivity contribution is 5.84. The molecule has 168 valence electrons. The van der Waals surface area contributed by atoms with Crippen LogP contribution in [0.5, 0.6) is 0 Å². The Hall–Kier alpha value is -2.37. The van der Waals surface area contributed by atoms with Crippen LogP contribution in [0.15, 0.2) is 18.3 Å². The van der Waals surface area contributed by atoms with E-state index < -0.39 is 11.4 Å². The lowest BCUT2D eigenvalue weighted by Gasteiger charge is -2.30. The predicted molar refractivity (Wildman–Crippen MR) is 121 cm³/mol. The second-order valence-corrected chi connectivity index (χ2v) is 10.0. The standard InChI is InChI=1S/C25H35N3O3/c1-25(2,24(30)31)13-6-11-22(29)27-15-12-19-20-10-7-14-26-23(20)28(21(19)17-27)16-18-8-4-3-5-9-18/h7,10,14,18H,3-6,8-9,11-13,15-17H2,1-2H3,(H,30,31). The first-order chi connectivity index (χ1) is 14.9. The van der Waals surface area contributed by atoms with Gasteiger partial charge in [-0.1, -0.05) is 19.3 Å². The van der Waals surface area contributed by atoms with Gasteiger partial charge < -0.3 is 14.6 Å². The van der Waals surface area contributed by atoms with Gasteiger partial charge in [-0.3, -0.25) is 9.59 Å². The number of aliphatic carboxylic acids is 1. The van der Waals surface area contributed by atoms with Crippen molar-refractivity contribution in [2.45, 2.75) is 84.7 Å². The molecule has 0 aromatic carbocycles. The molecule has 0 bridgehead atoms. The molecule has 6 heteroatoms. The maximum Gasteiger partial charge on any atom is 0.309 e. The number of pyridine rings is 1. The molecule has 0 atom stereocenters. The lowest BCUT2D eigenvalue weighted by atomic mass is 9.87. The second kappa shape index (κ2) is 9.01. The molecule has 1 aliphatic carbocycles. The summed E-state index contributed by atoms with van der Waals surface area (Å²) in [4.78, 5) is 30.9. The molecule has 1 fully saturated rings. The Morgan fingerprint density at radius 3 is 2.74 bits per heavy atom. The first-order valence-corrected chi connectivity index (χ1v) is 11.8. The minimum Gasteiger partial charge on any atom is -0.481 e. The van der Waals surface area contributed by atoms with Crippen molar-refractivity contribution in [1.82, 2.24) is 14.5 Å². The van der Waals surface area contributed by atoms with E-state index in [9.17, 15) is 14.7 Å². The molecule has 31 heavy (non-hydrogen) atoms. The largest absolute Gasteiger partial charge is 0.481 e. The average Bonchev–Trinajstić information content (AvgIpc) is 3.07. The number of hydrogen-bond acceptors (Lipinski definition) is 3. The highest BCUT2D eigenvalue weighted by Crippen LogP contribution is 2.33. The van der Waals surface area contributed by atoms with Crippen molar-refractivity contribution in [3.8, 4) is 0 Å². The van der Waals surface area contributed by atoms with E-state index in [1.165, 1.54) is 48.7 Å². The lowest BCUT2D eigenvalue weighted by molar-refractivity contribution is -0.147. The van der Waals surface area contributed by atoms with Crippen LogP contribution in [0, 0.1) is 11.3 Å². The lowest BCUT2D eigenvalue weighted by Crippen LogP contribution is -2.37. The van der Waals surface area contributed by atoms with Crippen LogP contribution in [-0.4, -0.2) is 38.0 Å². The van der Waals surface area contributed by atoms with E-state index in [1.54, 1.807) is 13.8 Å². The van der Waals surface area contributed by atoms with E-state index in [1.807, 2.05) is 17.2 Å². The van der Waals surface area contributed by atoms with Crippen LogP contribution in [-0.2, 0) is 29.1 Å². The summed E-state index contributed by atoms with van der Waals surface area (Å²) in [6, 6.07) is 4.18. The molecule has 2 aromatic rings. The van der Waals surface area contributed by atoms with Crippen LogP contribution >= 0.6 is 0 Å². The van der Waals surface area contributed by atoms with Gasteiger partial charge in [0.1, 0.15) is 5.65 Å². The van der Waals surface area contributed by atoms with E-state index >= 15 is 0 Å². The van der Waals surface area contributed by atoms with E-state index in [4.69, 9.17) is 4.98 Å². The quantitative estimate of drug-likeness (QED) is 0.692. The van der Waals surface area contributed by atoms with Crippen molar-refractivity contribution in [1.29, 1.82) is 0 Å². The molecule has 0 spiro atoms. The zero-order valence-corrected chi connectivity index (χ0v) is 18.9. The zero-order chi connectivity index (χ0) is 22.0. The molecule has 4 rings (SSSR count). The van der Waals surface area contributed by atoms with Crippen LogP contribution < -0.4 is 0 Å². The maximum atomic E-state index is 12.9. The third-order valence-corrected chi connectivity index (χ3v) is 7.30. The van der Waals surface area contributed by atoms with E-state index in [-0.39, 0.29) is 5.91 Å². The summed E-state index contributed by atoms with van der Waals surface area (Å²) < 4.78 is 2.40. The molecular formula is C25H35N3O3. The molecule has 6 nitrogen and oxygen atoms in total. The molecule has 0 unspecified atom stereocenters. The number of rotatable bonds is 7. The Labute approximate surface area is 184 Å². The normalized spacial score (nSPS) is 17.7. The Balaban J connectivity index is 1.49. The number of carboxylic acids is 1. The third kappa shape index (κ3) is 4.63. The summed E-state index contributed by atoms with van der Waals surface area (Å²) in [6.07, 6.45) is 10.8. The molecule has 2 aromatic heterocycles. The fourth-order valence-electron chi connectivity index (χ4n) is 5.24. The van der Waals surface area contributed by atoms with Crippen molar-refractivity contribution < 1.29 is 14.7 Å². The predicted octanol–water partition coefficient (Wildman–Crippen LogP) is 4.78. The number of hydrogen-bond donors (Lipinski definition) is 1. The van der Waals surface area contributed by atoms with Crippen molar-refractivity contribution in [2.75, 3.05) is 6.54 Å². The van der Waals surface area contributed by atoms with Gasteiger partial charge in [0.25, 0.3) is 0 Å². The Bertz CT molecular complexity index is 956. The summed E-state index contributed by atoms with van der Waals surface area (Å²) in [6.45, 7) is 5.82. The zero-order valence-electron chi connectivity index (χ0n) is 18.9. The van der Waals surface area contributed by atoms with Crippen LogP contribution in [0.3, 0.4) is 0 Å². The molecule has 2 aliphatic rings. The summed E-state index contributed by atoms with van der Waals surface area (Å²) >= 11 is 0. The van der Waals surface area contributed by atoms with Gasteiger partial charge in [-0.2, -0.15) is 0 Å². The molecule has 1 saturated carbocycles. The average molecular weight is 426 g/mol. The summed E-state index contributed by atoms with van der Waals surface area (Å²) in [5.41, 5.74) is 2.89. The van der Waals surface area contributed by atoms with Gasteiger partial charge in [0.05, 0.1) is 12.0 Å². The SMILES string of the molecule is CC(C)(CCCC(=O)N1CCc2c(n(CC3CCCCC3)c3ncccc23)C1)C(=O)O. The first-order valence-electron chi connectivity index (χ1n) is 11.8. The van der Waals surface area contributed by atoms with Gasteiger partial charge in [-0.15, -0.1) is 0 Å². The first kappa shape index (κ1) is 21.8. The number of carbonyl (C=O) groups excluding carboxylic acids is 1. The second-order valence-electron chi connectivity index (χ2n) is 10.0. The smallest absolute Gasteiger partial charge is 0.309 e. The monoisotopic (exact) mass is 425 g/mol. The van der Waals surface area contributed by atoms with Crippen molar-refractivity contribution in [2.24, 2.45) is 11.3 Å². The Morgan fingerprint density at radius 2 is 2.00 bits per heavy atom. The molecule has 0 radical (unpaired) electrons. The number of fused-ring (bicyclic) bond motifs is 3. The van der Waals surface area contributed by atoms with E-state index in [0.717, 1.165) is 25.2 Å². The van der Waals surface area contributed by atoms with Gasteiger partial charge in [-0.05, 0) is 69.6 Å². The molecule has 0 saturated heterocycles. The maximum absolute atomic E-state index is 12.9. The number of nitrogens with zero attached hydrogens (tertiary/aromatic N) is 3. The molecular weight excluding hydrogens is 390 g/mol. The van der Waals surface area contributed by atoms with Crippen LogP contribution in [0.2, 0.25) is 0 Å². The third-order valence-electron chi connectivity index (χ3n) is 7.30. The highest BCUT2D eigenvalue weighted by atomic mass is 16.4. The molecule has 1 aliphatic heterocycles. The van der Waals surface area contributed by atoms with Gasteiger partial charge in [0.2, 0.25) is 5.91 Å². The van der Waals surface area contributed by atoms with Gasteiger partial charge in [-0.25, -0.2) is 4.98 Å². The Morgan fingerprint density at radius 1 is 1.23 bits per heavy atom. The number of carbonyl (C=O) groups is 2. The van der Waals surface area contributed by atoms with E-state index in [0.29, 0.717) is 31.7 Å². The topological polar surface area (TPSA) is 75.4 Å². The van der Waals surface area contributed by atoms with Crippen LogP contribution in [0.25, 0.3) is 11.0 Å². The van der Waals surface area contributed by atoms with E-state index in [2.05, 4.69) is 10.6 Å². The van der Waals surface area contributed by atoms with Crippen LogP contribution in [0.4, 0.5) is 0 Å². The van der Waals surface area contributed by atoms with Crippen molar-refractivity contribution in [3.63, 3.8) is 0 Å². The van der Waals surface area contributed by atoms with Gasteiger partial charge >= 0.3 is 5.97 Å². The molecule has 1 amide bonds. The summed E-state index contributed by atoms with van der Waals surface area (Å²) in [5, 5.41) is 10.5. The fourth-order valence-corrected chi connectivity index (χ4v) is 5.24. The summed E-state index contributed by atoms with van der Waals surface area (Å²) in [5.74, 6) is 0.0244. The summed E-state index contributed by atoms with van der Waals surface area (Å²) in [7, 11) is 0. The minimum atomic E-state index is -0.803. The van der Waals surface area contributed by atoms with Gasteiger partial charge in [0.15, 0.2) is 0 Å². The van der Waals surface area contributed by atoms with Gasteiger partial charge in [0, 0.05) is 36.8 Å². The number of carboxylic acid groups (broad SMARTS) is 1. The van der Waals surface area contributed by atoms with Crippen molar-refractivity contribution >= 4 is 22.9 Å². The highest BCUT2D eigenvalue weighted by Gasteiger charge is 2.30. The minimum absolute atomic E-state index is 0.134. The Kier molecular flexibility index (Phi) is 6.35. The number of aromatic nitrogens is 2. The molecule has 3 heterocycles. The van der Waals surface area contributed by atoms with Crippen LogP contribution in [0.1, 0.15) is 76.5 Å². The number of amides is 1.